The van der Waals surface area contributed by atoms with Gasteiger partial charge in [0.05, 0.1) is 0 Å². The summed E-state index contributed by atoms with van der Waals surface area (Å²) in [5, 5.41) is 0. The third kappa shape index (κ3) is 1.90. The first-order valence-corrected chi connectivity index (χ1v) is 4.48. The molecule has 0 saturated heterocycles. The summed E-state index contributed by atoms with van der Waals surface area (Å²) < 4.78 is 1.35. The average molecular weight is 240 g/mol. The van der Waals surface area contributed by atoms with Gasteiger partial charge in [0.2, 0.25) is 0 Å². The summed E-state index contributed by atoms with van der Waals surface area (Å²) in [4.78, 5) is 0.710. The van der Waals surface area contributed by atoms with Crippen LogP contribution in [-0.2, 0) is 0 Å². The van der Waals surface area contributed by atoms with Crippen molar-refractivity contribution in [1.82, 2.24) is 0 Å². The molecule has 1 unspecified atom stereocenters. The zero-order valence-electron chi connectivity index (χ0n) is 4.53. The van der Waals surface area contributed by atoms with E-state index >= 15 is 0 Å². The van der Waals surface area contributed by atoms with E-state index in [1.165, 1.54) is 23.7 Å². The van der Waals surface area contributed by atoms with Gasteiger partial charge >= 0.3 is 0 Å². The highest BCUT2D eigenvalue weighted by atomic mass is 79.9. The van der Waals surface area contributed by atoms with Crippen molar-refractivity contribution in [2.45, 2.75) is 24.1 Å². The smallest absolute Gasteiger partial charge is 0.0194 e. The second kappa shape index (κ2) is 3.02. The summed E-state index contributed by atoms with van der Waals surface area (Å²) in [5.74, 6) is 0. The maximum Gasteiger partial charge on any atom is 0.0194 e. The van der Waals surface area contributed by atoms with Crippen molar-refractivity contribution in [3.05, 3.63) is 10.6 Å². The zero-order valence-corrected chi connectivity index (χ0v) is 7.70. The third-order valence-electron chi connectivity index (χ3n) is 1.26. The van der Waals surface area contributed by atoms with E-state index in [9.17, 15) is 0 Å². The molecular weight excluding hydrogens is 232 g/mol. The molecule has 0 aromatic heterocycles. The average Bonchev–Trinajstić information content (AvgIpc) is 1.64. The Balaban J connectivity index is 2.45. The van der Waals surface area contributed by atoms with Crippen LogP contribution < -0.4 is 0 Å². The van der Waals surface area contributed by atoms with Gasteiger partial charge in [0.25, 0.3) is 0 Å². The lowest BCUT2D eigenvalue weighted by molar-refractivity contribution is 0.754. The molecule has 2 heteroatoms. The highest BCUT2D eigenvalue weighted by molar-refractivity contribution is 9.12. The maximum atomic E-state index is 3.56. The van der Waals surface area contributed by atoms with Crippen molar-refractivity contribution in [2.75, 3.05) is 0 Å². The highest BCUT2D eigenvalue weighted by Gasteiger charge is 2.08. The van der Waals surface area contributed by atoms with Gasteiger partial charge in [-0.1, -0.05) is 37.9 Å². The minimum Gasteiger partial charge on any atom is -0.0887 e. The van der Waals surface area contributed by atoms with Crippen molar-refractivity contribution in [1.29, 1.82) is 0 Å². The van der Waals surface area contributed by atoms with Gasteiger partial charge in [-0.15, -0.1) is 0 Å². The Bertz CT molecular complexity index is 107. The van der Waals surface area contributed by atoms with Crippen molar-refractivity contribution in [3.8, 4) is 0 Å². The van der Waals surface area contributed by atoms with E-state index in [1.54, 1.807) is 0 Å². The van der Waals surface area contributed by atoms with Gasteiger partial charge in [-0.05, 0) is 23.7 Å². The predicted octanol–water partition coefficient (Wildman–Crippen LogP) is 3.21. The molecule has 0 aromatic carbocycles. The van der Waals surface area contributed by atoms with Gasteiger partial charge in [-0.3, -0.25) is 0 Å². The van der Waals surface area contributed by atoms with Crippen molar-refractivity contribution in [3.63, 3.8) is 0 Å². The van der Waals surface area contributed by atoms with Crippen LogP contribution in [0.2, 0.25) is 0 Å². The number of hydrogen-bond acceptors (Lipinski definition) is 0. The van der Waals surface area contributed by atoms with E-state index in [1.807, 2.05) is 0 Å². The quantitative estimate of drug-likeness (QED) is 0.570. The molecule has 0 aromatic rings. The van der Waals surface area contributed by atoms with Crippen LogP contribution >= 0.6 is 31.9 Å². The van der Waals surface area contributed by atoms with E-state index in [-0.39, 0.29) is 0 Å². The van der Waals surface area contributed by atoms with Crippen LogP contribution in [-0.4, -0.2) is 4.83 Å². The molecule has 0 fully saturated rings. The Morgan fingerprint density at radius 2 is 2.38 bits per heavy atom. The largest absolute Gasteiger partial charge is 0.0887 e. The molecule has 0 saturated carbocycles. The van der Waals surface area contributed by atoms with Gasteiger partial charge < -0.3 is 0 Å². The topological polar surface area (TPSA) is 0 Å². The van der Waals surface area contributed by atoms with Crippen molar-refractivity contribution in [2.24, 2.45) is 0 Å². The second-order valence-electron chi connectivity index (χ2n) is 2.03. The first kappa shape index (κ1) is 6.81. The Labute approximate surface area is 66.6 Å². The van der Waals surface area contributed by atoms with Crippen molar-refractivity contribution >= 4 is 31.9 Å². The predicted molar refractivity (Wildman–Crippen MR) is 43.6 cm³/mol. The Kier molecular flexibility index (Phi) is 2.57. The molecular formula is C6H8Br2. The Morgan fingerprint density at radius 3 is 2.75 bits per heavy atom. The summed E-state index contributed by atoms with van der Waals surface area (Å²) in [5.41, 5.74) is 0. The van der Waals surface area contributed by atoms with Crippen LogP contribution in [0.15, 0.2) is 10.6 Å². The molecule has 0 bridgehead atoms. The van der Waals surface area contributed by atoms with Gasteiger partial charge in [0, 0.05) is 4.83 Å². The number of alkyl halides is 1. The number of rotatable bonds is 0. The maximum absolute atomic E-state index is 3.56. The third-order valence-corrected chi connectivity index (χ3v) is 2.69. The summed E-state index contributed by atoms with van der Waals surface area (Å²) in [6, 6.07) is 0. The SMILES string of the molecule is BrC1=CCCC(Br)C1. The number of halogens is 2. The van der Waals surface area contributed by atoms with E-state index in [4.69, 9.17) is 0 Å². The van der Waals surface area contributed by atoms with Gasteiger partial charge in [-0.25, -0.2) is 0 Å². The molecule has 8 heavy (non-hydrogen) atoms. The molecule has 1 aliphatic carbocycles. The van der Waals surface area contributed by atoms with Crippen LogP contribution in [0.5, 0.6) is 0 Å². The normalized spacial score (nSPS) is 29.8. The van der Waals surface area contributed by atoms with Crippen LogP contribution in [0.4, 0.5) is 0 Å². The van der Waals surface area contributed by atoms with Gasteiger partial charge in [-0.2, -0.15) is 0 Å². The molecule has 1 atom stereocenters. The van der Waals surface area contributed by atoms with E-state index in [0.29, 0.717) is 4.83 Å². The van der Waals surface area contributed by atoms with E-state index in [2.05, 4.69) is 37.9 Å². The molecule has 46 valence electrons. The van der Waals surface area contributed by atoms with Crippen LogP contribution in [0.3, 0.4) is 0 Å². The number of hydrogen-bond donors (Lipinski definition) is 0. The standard InChI is InChI=1S/C6H8Br2/c7-5-2-1-3-6(8)4-5/h2,6H,1,3-4H2. The summed E-state index contributed by atoms with van der Waals surface area (Å²) in [6.07, 6.45) is 5.92. The fourth-order valence-corrected chi connectivity index (χ4v) is 2.49. The van der Waals surface area contributed by atoms with Crippen LogP contribution in [0.25, 0.3) is 0 Å². The summed E-state index contributed by atoms with van der Waals surface area (Å²) in [7, 11) is 0. The molecule has 0 aliphatic heterocycles. The molecule has 0 heterocycles. The van der Waals surface area contributed by atoms with Gasteiger partial charge in [0.1, 0.15) is 0 Å². The van der Waals surface area contributed by atoms with E-state index in [0.717, 1.165) is 0 Å². The minimum absolute atomic E-state index is 0.710. The van der Waals surface area contributed by atoms with Crippen LogP contribution in [0.1, 0.15) is 19.3 Å². The number of allylic oxidation sites excluding steroid dienone is 2. The highest BCUT2D eigenvalue weighted by Crippen LogP contribution is 2.27. The second-order valence-corrected chi connectivity index (χ2v) is 4.34. The zero-order chi connectivity index (χ0) is 5.98. The van der Waals surface area contributed by atoms with E-state index < -0.39 is 0 Å². The monoisotopic (exact) mass is 238 g/mol. The Morgan fingerprint density at radius 1 is 1.62 bits per heavy atom. The lowest BCUT2D eigenvalue weighted by atomic mass is 10.1. The summed E-state index contributed by atoms with van der Waals surface area (Å²) >= 11 is 7.02. The molecule has 0 spiro atoms. The van der Waals surface area contributed by atoms with Crippen molar-refractivity contribution < 1.29 is 0 Å². The fourth-order valence-electron chi connectivity index (χ4n) is 0.818. The Hall–Kier alpha value is 0.700. The molecule has 0 nitrogen and oxygen atoms in total. The molecule has 0 amide bonds. The molecule has 1 aliphatic rings. The molecule has 1 rings (SSSR count). The first-order chi connectivity index (χ1) is 3.79. The van der Waals surface area contributed by atoms with Crippen LogP contribution in [0, 0.1) is 0 Å². The summed E-state index contributed by atoms with van der Waals surface area (Å²) in [6.45, 7) is 0. The fraction of sp³-hybridized carbons (Fsp3) is 0.667. The first-order valence-electron chi connectivity index (χ1n) is 2.77. The molecule has 0 radical (unpaired) electrons. The molecule has 0 N–H and O–H groups in total. The van der Waals surface area contributed by atoms with Gasteiger partial charge in [0.15, 0.2) is 0 Å². The lowest BCUT2D eigenvalue weighted by Crippen LogP contribution is -2.00. The lowest BCUT2D eigenvalue weighted by Gasteiger charge is -2.12. The minimum atomic E-state index is 0.710.